The molecule has 2 aromatic carbocycles. The van der Waals surface area contributed by atoms with E-state index in [-0.39, 0.29) is 17.0 Å². The Labute approximate surface area is 125 Å². The minimum atomic E-state index is -0.794. The molecule has 0 spiro atoms. The maximum atomic E-state index is 12.2. The van der Waals surface area contributed by atoms with Crippen molar-refractivity contribution in [3.8, 4) is 5.75 Å². The maximum absolute atomic E-state index is 12.2. The first-order chi connectivity index (χ1) is 10.6. The summed E-state index contributed by atoms with van der Waals surface area (Å²) in [5.74, 6) is -0.783. The summed E-state index contributed by atoms with van der Waals surface area (Å²) in [6.07, 6.45) is 0. The van der Waals surface area contributed by atoms with Gasteiger partial charge in [0.05, 0.1) is 5.39 Å². The number of fused-ring (bicyclic) bond motifs is 1. The molecule has 1 amide bonds. The van der Waals surface area contributed by atoms with Crippen molar-refractivity contribution in [2.24, 2.45) is 0 Å². The fraction of sp³-hybridized carbons (Fsp3) is 0.0588. The molecular weight excluding hydrogens is 282 g/mol. The standard InChI is InChI=1S/C17H13NO4/c1-10-5-4-6-11(9-10)16(20)18-14-15(19)12-7-2-3-8-13(12)22-17(14)21/h2-9,19H,1H3,(H,18,20). The number of rotatable bonds is 2. The zero-order chi connectivity index (χ0) is 15.7. The lowest BCUT2D eigenvalue weighted by molar-refractivity contribution is 0.102. The average Bonchev–Trinajstić information content (AvgIpc) is 2.51. The largest absolute Gasteiger partial charge is 0.505 e. The van der Waals surface area contributed by atoms with Crippen LogP contribution in [0.2, 0.25) is 0 Å². The number of carbonyl (C=O) groups excluding carboxylic acids is 1. The minimum absolute atomic E-state index is 0.259. The Morgan fingerprint density at radius 1 is 1.14 bits per heavy atom. The molecule has 5 nitrogen and oxygen atoms in total. The zero-order valence-electron chi connectivity index (χ0n) is 11.8. The summed E-state index contributed by atoms with van der Waals surface area (Å²) in [7, 11) is 0. The van der Waals surface area contributed by atoms with Crippen molar-refractivity contribution in [3.63, 3.8) is 0 Å². The van der Waals surface area contributed by atoms with E-state index in [0.29, 0.717) is 10.9 Å². The highest BCUT2D eigenvalue weighted by Crippen LogP contribution is 2.29. The number of anilines is 1. The normalized spacial score (nSPS) is 10.6. The van der Waals surface area contributed by atoms with Crippen LogP contribution in [0.3, 0.4) is 0 Å². The summed E-state index contributed by atoms with van der Waals surface area (Å²) >= 11 is 0. The summed E-state index contributed by atoms with van der Waals surface area (Å²) in [6.45, 7) is 1.86. The van der Waals surface area contributed by atoms with Crippen molar-refractivity contribution < 1.29 is 14.3 Å². The Kier molecular flexibility index (Phi) is 3.39. The summed E-state index contributed by atoms with van der Waals surface area (Å²) < 4.78 is 5.10. The molecule has 0 atom stereocenters. The number of hydrogen-bond donors (Lipinski definition) is 2. The summed E-state index contributed by atoms with van der Waals surface area (Å²) in [5.41, 5.74) is 0.523. The third-order valence-electron chi connectivity index (χ3n) is 3.30. The molecule has 1 aromatic heterocycles. The number of para-hydroxylation sites is 1. The molecule has 0 saturated carbocycles. The lowest BCUT2D eigenvalue weighted by Gasteiger charge is -2.08. The maximum Gasteiger partial charge on any atom is 0.364 e. The Morgan fingerprint density at radius 2 is 1.91 bits per heavy atom. The van der Waals surface area contributed by atoms with E-state index in [1.807, 2.05) is 13.0 Å². The lowest BCUT2D eigenvalue weighted by Crippen LogP contribution is -2.18. The molecule has 2 N–H and O–H groups in total. The van der Waals surface area contributed by atoms with Crippen LogP contribution in [0.5, 0.6) is 5.75 Å². The molecule has 0 fully saturated rings. The quantitative estimate of drug-likeness (QED) is 0.712. The van der Waals surface area contributed by atoms with Crippen LogP contribution in [0.15, 0.2) is 57.7 Å². The van der Waals surface area contributed by atoms with Crippen LogP contribution in [0.4, 0.5) is 5.69 Å². The number of aromatic hydroxyl groups is 1. The zero-order valence-corrected chi connectivity index (χ0v) is 11.8. The van der Waals surface area contributed by atoms with E-state index < -0.39 is 11.5 Å². The Bertz CT molecular complexity index is 927. The molecule has 0 aliphatic carbocycles. The predicted octanol–water partition coefficient (Wildman–Crippen LogP) is 3.06. The molecule has 0 saturated heterocycles. The third-order valence-corrected chi connectivity index (χ3v) is 3.30. The minimum Gasteiger partial charge on any atom is -0.505 e. The average molecular weight is 295 g/mol. The summed E-state index contributed by atoms with van der Waals surface area (Å²) in [6, 6.07) is 13.5. The second kappa shape index (κ2) is 5.37. The van der Waals surface area contributed by atoms with Crippen molar-refractivity contribution in [1.29, 1.82) is 0 Å². The second-order valence-electron chi connectivity index (χ2n) is 4.93. The highest BCUT2D eigenvalue weighted by atomic mass is 16.4. The van der Waals surface area contributed by atoms with Gasteiger partial charge in [-0.1, -0.05) is 29.8 Å². The van der Waals surface area contributed by atoms with Gasteiger partial charge in [-0.2, -0.15) is 0 Å². The smallest absolute Gasteiger partial charge is 0.364 e. The number of aryl methyl sites for hydroxylation is 1. The first-order valence-electron chi connectivity index (χ1n) is 6.69. The van der Waals surface area contributed by atoms with Gasteiger partial charge in [0.2, 0.25) is 0 Å². The molecule has 110 valence electrons. The summed E-state index contributed by atoms with van der Waals surface area (Å²) in [4.78, 5) is 24.2. The number of nitrogens with one attached hydrogen (secondary N) is 1. The third kappa shape index (κ3) is 2.44. The first kappa shape index (κ1) is 13.9. The molecular formula is C17H13NO4. The van der Waals surface area contributed by atoms with Crippen LogP contribution in [0, 0.1) is 6.92 Å². The van der Waals surface area contributed by atoms with Gasteiger partial charge < -0.3 is 14.8 Å². The van der Waals surface area contributed by atoms with E-state index in [4.69, 9.17) is 4.42 Å². The van der Waals surface area contributed by atoms with Gasteiger partial charge >= 0.3 is 5.63 Å². The fourth-order valence-electron chi connectivity index (χ4n) is 2.22. The van der Waals surface area contributed by atoms with E-state index in [0.717, 1.165) is 5.56 Å². The molecule has 0 unspecified atom stereocenters. The fourth-order valence-corrected chi connectivity index (χ4v) is 2.22. The van der Waals surface area contributed by atoms with E-state index >= 15 is 0 Å². The topological polar surface area (TPSA) is 79.5 Å². The molecule has 3 aromatic rings. The van der Waals surface area contributed by atoms with Crippen molar-refractivity contribution in [1.82, 2.24) is 0 Å². The highest BCUT2D eigenvalue weighted by Gasteiger charge is 2.17. The highest BCUT2D eigenvalue weighted by molar-refractivity contribution is 6.06. The number of amides is 1. The van der Waals surface area contributed by atoms with Crippen molar-refractivity contribution in [2.75, 3.05) is 5.32 Å². The molecule has 22 heavy (non-hydrogen) atoms. The van der Waals surface area contributed by atoms with Crippen LogP contribution in [0.1, 0.15) is 15.9 Å². The van der Waals surface area contributed by atoms with Crippen LogP contribution < -0.4 is 10.9 Å². The number of hydrogen-bond acceptors (Lipinski definition) is 4. The van der Waals surface area contributed by atoms with Crippen LogP contribution >= 0.6 is 0 Å². The van der Waals surface area contributed by atoms with Gasteiger partial charge in [-0.3, -0.25) is 4.79 Å². The van der Waals surface area contributed by atoms with Crippen molar-refractivity contribution in [2.45, 2.75) is 6.92 Å². The predicted molar refractivity (Wildman–Crippen MR) is 83.3 cm³/mol. The summed E-state index contributed by atoms with van der Waals surface area (Å²) in [5, 5.41) is 13.0. The Balaban J connectivity index is 2.04. The second-order valence-corrected chi connectivity index (χ2v) is 4.93. The molecule has 0 aliphatic rings. The molecule has 0 radical (unpaired) electrons. The van der Waals surface area contributed by atoms with E-state index in [2.05, 4.69) is 5.32 Å². The van der Waals surface area contributed by atoms with Gasteiger partial charge in [0, 0.05) is 5.56 Å². The first-order valence-corrected chi connectivity index (χ1v) is 6.69. The lowest BCUT2D eigenvalue weighted by atomic mass is 10.1. The van der Waals surface area contributed by atoms with Gasteiger partial charge in [-0.05, 0) is 31.2 Å². The molecule has 5 heteroatoms. The van der Waals surface area contributed by atoms with Gasteiger partial charge in [0.25, 0.3) is 5.91 Å². The number of carbonyl (C=O) groups is 1. The van der Waals surface area contributed by atoms with Crippen LogP contribution in [0.25, 0.3) is 11.0 Å². The van der Waals surface area contributed by atoms with Gasteiger partial charge in [0.15, 0.2) is 11.4 Å². The van der Waals surface area contributed by atoms with Crippen LogP contribution in [-0.4, -0.2) is 11.0 Å². The number of benzene rings is 2. The molecule has 3 rings (SSSR count). The van der Waals surface area contributed by atoms with E-state index in [9.17, 15) is 14.7 Å². The van der Waals surface area contributed by atoms with E-state index in [1.165, 1.54) is 0 Å². The van der Waals surface area contributed by atoms with E-state index in [1.54, 1.807) is 42.5 Å². The van der Waals surface area contributed by atoms with Gasteiger partial charge in [-0.15, -0.1) is 0 Å². The SMILES string of the molecule is Cc1cccc(C(=O)Nc2c(O)c3ccccc3oc2=O)c1. The molecule has 0 aliphatic heterocycles. The van der Waals surface area contributed by atoms with Crippen LogP contribution in [-0.2, 0) is 0 Å². The molecule has 1 heterocycles. The van der Waals surface area contributed by atoms with Gasteiger partial charge in [0.1, 0.15) is 5.58 Å². The van der Waals surface area contributed by atoms with Crippen molar-refractivity contribution in [3.05, 3.63) is 70.1 Å². The molecule has 0 bridgehead atoms. The Hall–Kier alpha value is -3.08. The monoisotopic (exact) mass is 295 g/mol. The van der Waals surface area contributed by atoms with Gasteiger partial charge in [-0.25, -0.2) is 4.79 Å². The van der Waals surface area contributed by atoms with Crippen molar-refractivity contribution >= 4 is 22.6 Å². The Morgan fingerprint density at radius 3 is 2.68 bits per heavy atom.